The highest BCUT2D eigenvalue weighted by Crippen LogP contribution is 2.38. The largest absolute Gasteiger partial charge is 0.207 e. The Morgan fingerprint density at radius 1 is 0.833 bits per heavy atom. The Kier molecular flexibility index (Phi) is 10.4. The Labute approximate surface area is 188 Å². The highest BCUT2D eigenvalue weighted by molar-refractivity contribution is 6.58. The van der Waals surface area contributed by atoms with E-state index in [1.165, 1.54) is 69.8 Å². The Bertz CT molecular complexity index is 597. The van der Waals surface area contributed by atoms with Gasteiger partial charge in [-0.2, -0.15) is 0 Å². The van der Waals surface area contributed by atoms with Gasteiger partial charge in [0.2, 0.25) is 0 Å². The van der Waals surface area contributed by atoms with E-state index < -0.39 is 0 Å². The zero-order chi connectivity index (χ0) is 21.2. The predicted molar refractivity (Wildman–Crippen MR) is 133 cm³/mol. The van der Waals surface area contributed by atoms with E-state index in [2.05, 4.69) is 19.9 Å². The Morgan fingerprint density at radius 2 is 1.50 bits per heavy atom. The molecule has 0 spiro atoms. The highest BCUT2D eigenvalue weighted by atomic mass is 28.3. The van der Waals surface area contributed by atoms with Gasteiger partial charge in [-0.3, -0.25) is 0 Å². The van der Waals surface area contributed by atoms with Crippen molar-refractivity contribution in [3.05, 3.63) is 35.1 Å². The Balaban J connectivity index is 1.28. The lowest BCUT2D eigenvalue weighted by Crippen LogP contribution is -2.21. The van der Waals surface area contributed by atoms with Crippen LogP contribution in [0.5, 0.6) is 0 Å². The molecule has 1 saturated heterocycles. The van der Waals surface area contributed by atoms with Gasteiger partial charge in [0.05, 0.1) is 0 Å². The third kappa shape index (κ3) is 7.50. The minimum atomic E-state index is -0.312. The quantitative estimate of drug-likeness (QED) is 0.242. The fraction of sp³-hybridized carbons (Fsp3) is 0.786. The summed E-state index contributed by atoms with van der Waals surface area (Å²) in [5.74, 6) is 2.62. The molecule has 2 heteroatoms. The summed E-state index contributed by atoms with van der Waals surface area (Å²) in [6.45, 7) is 4.46. The minimum Gasteiger partial charge on any atom is -0.207 e. The summed E-state index contributed by atoms with van der Waals surface area (Å²) in [6, 6.07) is 11.0. The fourth-order valence-electron chi connectivity index (χ4n) is 6.24. The molecule has 0 N–H and O–H groups in total. The molecule has 0 amide bonds. The van der Waals surface area contributed by atoms with Crippen molar-refractivity contribution in [2.45, 2.75) is 128 Å². The van der Waals surface area contributed by atoms with Gasteiger partial charge in [0.15, 0.2) is 0 Å². The summed E-state index contributed by atoms with van der Waals surface area (Å²) in [7, 11) is -0.312. The van der Waals surface area contributed by atoms with E-state index in [0.29, 0.717) is 5.92 Å². The molecule has 30 heavy (non-hydrogen) atoms. The van der Waals surface area contributed by atoms with Gasteiger partial charge < -0.3 is 0 Å². The first-order valence-corrected chi connectivity index (χ1v) is 15.9. The van der Waals surface area contributed by atoms with Crippen LogP contribution in [-0.2, 0) is 6.42 Å². The standard InChI is InChI=1S/C28H47FSi/c1-3-5-19-30-20-17-24(18-21-30)10-7-6-9-23-11-13-25(14-12-23)27-16-15-26(8-4-2)28(29)22-27/h15-16,22-25,30H,3-14,17-21H2,1-2H3. The van der Waals surface area contributed by atoms with Crippen molar-refractivity contribution < 1.29 is 4.39 Å². The van der Waals surface area contributed by atoms with Crippen LogP contribution in [0.3, 0.4) is 0 Å². The molecule has 1 aromatic carbocycles. The van der Waals surface area contributed by atoms with Crippen LogP contribution in [0.25, 0.3) is 0 Å². The third-order valence-corrected chi connectivity index (χ3v) is 11.8. The zero-order valence-electron chi connectivity index (χ0n) is 19.9. The average molecular weight is 431 g/mol. The van der Waals surface area contributed by atoms with Crippen molar-refractivity contribution in [1.82, 2.24) is 0 Å². The van der Waals surface area contributed by atoms with Crippen LogP contribution in [0.4, 0.5) is 4.39 Å². The number of hydrogen-bond acceptors (Lipinski definition) is 0. The number of rotatable bonds is 11. The molecule has 1 aliphatic heterocycles. The van der Waals surface area contributed by atoms with Crippen molar-refractivity contribution >= 4 is 8.80 Å². The number of hydrogen-bond donors (Lipinski definition) is 0. The lowest BCUT2D eigenvalue weighted by atomic mass is 9.76. The maximum atomic E-state index is 14.3. The second-order valence-corrected chi connectivity index (χ2v) is 14.1. The van der Waals surface area contributed by atoms with Crippen LogP contribution in [0.2, 0.25) is 18.1 Å². The average Bonchev–Trinajstić information content (AvgIpc) is 2.78. The highest BCUT2D eigenvalue weighted by Gasteiger charge is 2.24. The first-order chi connectivity index (χ1) is 14.7. The lowest BCUT2D eigenvalue weighted by Gasteiger charge is -2.30. The van der Waals surface area contributed by atoms with Gasteiger partial charge in [-0.1, -0.05) is 102 Å². The van der Waals surface area contributed by atoms with Crippen molar-refractivity contribution in [3.63, 3.8) is 0 Å². The van der Waals surface area contributed by atoms with Gasteiger partial charge in [-0.05, 0) is 67.1 Å². The summed E-state index contributed by atoms with van der Waals surface area (Å²) in [5.41, 5.74) is 2.15. The third-order valence-electron chi connectivity index (χ3n) is 8.32. The van der Waals surface area contributed by atoms with Crippen LogP contribution in [0.15, 0.2) is 18.2 Å². The normalized spacial score (nSPS) is 27.3. The second kappa shape index (κ2) is 13.0. The van der Waals surface area contributed by atoms with Crippen LogP contribution < -0.4 is 0 Å². The summed E-state index contributed by atoms with van der Waals surface area (Å²) in [5, 5.41) is 0. The van der Waals surface area contributed by atoms with Gasteiger partial charge in [-0.15, -0.1) is 0 Å². The Morgan fingerprint density at radius 3 is 2.10 bits per heavy atom. The van der Waals surface area contributed by atoms with Crippen LogP contribution in [0.1, 0.15) is 114 Å². The maximum absolute atomic E-state index is 14.3. The number of unbranched alkanes of at least 4 members (excludes halogenated alkanes) is 2. The van der Waals surface area contributed by atoms with Crippen LogP contribution >= 0.6 is 0 Å². The first kappa shape index (κ1) is 24.0. The first-order valence-electron chi connectivity index (χ1n) is 13.5. The summed E-state index contributed by atoms with van der Waals surface area (Å²) in [4.78, 5) is 0. The molecule has 1 saturated carbocycles. The Hall–Kier alpha value is -0.633. The molecule has 1 aromatic rings. The molecule has 2 aliphatic rings. The molecule has 2 fully saturated rings. The van der Waals surface area contributed by atoms with E-state index >= 15 is 0 Å². The predicted octanol–water partition coefficient (Wildman–Crippen LogP) is 9.05. The molecular weight excluding hydrogens is 383 g/mol. The maximum Gasteiger partial charge on any atom is 0.126 e. The lowest BCUT2D eigenvalue weighted by molar-refractivity contribution is 0.297. The van der Waals surface area contributed by atoms with Crippen LogP contribution in [-0.4, -0.2) is 8.80 Å². The molecular formula is C28H47FSi. The van der Waals surface area contributed by atoms with Crippen molar-refractivity contribution in [1.29, 1.82) is 0 Å². The summed E-state index contributed by atoms with van der Waals surface area (Å²) in [6.07, 6.45) is 19.0. The topological polar surface area (TPSA) is 0 Å². The minimum absolute atomic E-state index is 0.0264. The smallest absolute Gasteiger partial charge is 0.126 e. The van der Waals surface area contributed by atoms with Gasteiger partial charge in [0.25, 0.3) is 0 Å². The van der Waals surface area contributed by atoms with E-state index in [9.17, 15) is 4.39 Å². The van der Waals surface area contributed by atoms with Gasteiger partial charge in [-0.25, -0.2) is 4.39 Å². The van der Waals surface area contributed by atoms with E-state index in [0.717, 1.165) is 30.2 Å². The number of aryl methyl sites for hydroxylation is 1. The SMILES string of the molecule is CCCC[SiH]1CCC(CCCCC2CCC(c3ccc(CCC)c(F)c3)CC2)CC1. The zero-order valence-corrected chi connectivity index (χ0v) is 21.1. The van der Waals surface area contributed by atoms with E-state index in [-0.39, 0.29) is 14.6 Å². The molecule has 0 bridgehead atoms. The monoisotopic (exact) mass is 430 g/mol. The van der Waals surface area contributed by atoms with Gasteiger partial charge in [0.1, 0.15) is 5.82 Å². The van der Waals surface area contributed by atoms with Crippen molar-refractivity contribution in [2.24, 2.45) is 11.8 Å². The summed E-state index contributed by atoms with van der Waals surface area (Å²) < 4.78 is 14.3. The van der Waals surface area contributed by atoms with Crippen molar-refractivity contribution in [2.75, 3.05) is 0 Å². The molecule has 1 heterocycles. The second-order valence-electron chi connectivity index (χ2n) is 10.6. The van der Waals surface area contributed by atoms with Gasteiger partial charge >= 0.3 is 0 Å². The number of benzene rings is 1. The molecule has 0 radical (unpaired) electrons. The van der Waals surface area contributed by atoms with E-state index in [4.69, 9.17) is 0 Å². The molecule has 0 aromatic heterocycles. The van der Waals surface area contributed by atoms with E-state index in [1.54, 1.807) is 31.0 Å². The van der Waals surface area contributed by atoms with E-state index in [1.807, 2.05) is 12.1 Å². The molecule has 1 aliphatic carbocycles. The molecule has 0 nitrogen and oxygen atoms in total. The molecule has 170 valence electrons. The molecule has 0 unspecified atom stereocenters. The molecule has 0 atom stereocenters. The van der Waals surface area contributed by atoms with Crippen LogP contribution in [0, 0.1) is 17.7 Å². The fourth-order valence-corrected chi connectivity index (χ4v) is 9.98. The van der Waals surface area contributed by atoms with Gasteiger partial charge in [0, 0.05) is 8.80 Å². The molecule has 3 rings (SSSR count). The van der Waals surface area contributed by atoms with Crippen molar-refractivity contribution in [3.8, 4) is 0 Å². The summed E-state index contributed by atoms with van der Waals surface area (Å²) >= 11 is 0. The number of halogens is 1.